The topological polar surface area (TPSA) is 115 Å². The Morgan fingerprint density at radius 2 is 2.04 bits per heavy atom. The van der Waals surface area contributed by atoms with Crippen molar-refractivity contribution in [1.82, 2.24) is 9.88 Å². The van der Waals surface area contributed by atoms with E-state index in [9.17, 15) is 19.7 Å². The van der Waals surface area contributed by atoms with E-state index in [1.54, 1.807) is 0 Å². The van der Waals surface area contributed by atoms with Gasteiger partial charge in [0.25, 0.3) is 5.69 Å². The zero-order valence-corrected chi connectivity index (χ0v) is 14.4. The fourth-order valence-corrected chi connectivity index (χ4v) is 2.84. The van der Waals surface area contributed by atoms with E-state index in [1.807, 2.05) is 30.3 Å². The summed E-state index contributed by atoms with van der Waals surface area (Å²) in [6.07, 6.45) is 1.72. The SMILES string of the molecule is O=C(Nc1ccc([N+](=O)[O-])cn1)[C@@H]1CCCN1C(=O)OCc1ccccc1. The molecule has 2 aromatic rings. The molecule has 140 valence electrons. The highest BCUT2D eigenvalue weighted by Crippen LogP contribution is 2.21. The van der Waals surface area contributed by atoms with Gasteiger partial charge in [0.05, 0.1) is 4.92 Å². The molecule has 1 saturated heterocycles. The number of anilines is 1. The summed E-state index contributed by atoms with van der Waals surface area (Å²) in [5.41, 5.74) is 0.695. The molecule has 2 amide bonds. The highest BCUT2D eigenvalue weighted by atomic mass is 16.6. The third kappa shape index (κ3) is 4.57. The molecule has 1 fully saturated rings. The van der Waals surface area contributed by atoms with Crippen molar-refractivity contribution in [3.63, 3.8) is 0 Å². The summed E-state index contributed by atoms with van der Waals surface area (Å²) in [6.45, 7) is 0.563. The summed E-state index contributed by atoms with van der Waals surface area (Å²) >= 11 is 0. The second kappa shape index (κ2) is 8.26. The van der Waals surface area contributed by atoms with Crippen LogP contribution in [-0.2, 0) is 16.1 Å². The number of likely N-dealkylation sites (tertiary alicyclic amines) is 1. The van der Waals surface area contributed by atoms with Crippen LogP contribution in [0.4, 0.5) is 16.3 Å². The Labute approximate surface area is 155 Å². The number of carbonyl (C=O) groups is 2. The Morgan fingerprint density at radius 3 is 2.70 bits per heavy atom. The van der Waals surface area contributed by atoms with Gasteiger partial charge in [-0.05, 0) is 24.5 Å². The van der Waals surface area contributed by atoms with E-state index < -0.39 is 23.0 Å². The second-order valence-corrected chi connectivity index (χ2v) is 6.04. The van der Waals surface area contributed by atoms with Gasteiger partial charge in [-0.2, -0.15) is 0 Å². The van der Waals surface area contributed by atoms with Crippen LogP contribution in [0.5, 0.6) is 0 Å². The molecule has 0 radical (unpaired) electrons. The molecule has 0 spiro atoms. The Hall–Kier alpha value is -3.49. The standard InChI is InChI=1S/C18H18N4O5/c23-17(20-16-9-8-14(11-19-16)22(25)26)15-7-4-10-21(15)18(24)27-12-13-5-2-1-3-6-13/h1-3,5-6,8-9,11,15H,4,7,10,12H2,(H,19,20,23)/t15-/m0/s1. The average molecular weight is 370 g/mol. The predicted octanol–water partition coefficient (Wildman–Crippen LogP) is 2.73. The third-order valence-corrected chi connectivity index (χ3v) is 4.21. The molecular weight excluding hydrogens is 352 g/mol. The molecule has 27 heavy (non-hydrogen) atoms. The van der Waals surface area contributed by atoms with Crippen molar-refractivity contribution >= 4 is 23.5 Å². The van der Waals surface area contributed by atoms with Gasteiger partial charge in [-0.3, -0.25) is 19.8 Å². The number of aromatic nitrogens is 1. The molecule has 1 aliphatic rings. The molecule has 0 unspecified atom stereocenters. The van der Waals surface area contributed by atoms with E-state index in [1.165, 1.54) is 17.0 Å². The summed E-state index contributed by atoms with van der Waals surface area (Å²) in [7, 11) is 0. The maximum Gasteiger partial charge on any atom is 0.410 e. The minimum Gasteiger partial charge on any atom is -0.445 e. The fraction of sp³-hybridized carbons (Fsp3) is 0.278. The summed E-state index contributed by atoms with van der Waals surface area (Å²) in [5.74, 6) is -0.208. The van der Waals surface area contributed by atoms with E-state index in [4.69, 9.17) is 4.74 Å². The van der Waals surface area contributed by atoms with E-state index in [-0.39, 0.29) is 18.1 Å². The first kappa shape index (κ1) is 18.3. The number of nitrogens with zero attached hydrogens (tertiary/aromatic N) is 3. The molecule has 1 aromatic carbocycles. The molecular formula is C18H18N4O5. The number of hydrogen-bond donors (Lipinski definition) is 1. The maximum atomic E-state index is 12.5. The number of rotatable bonds is 5. The van der Waals surface area contributed by atoms with Gasteiger partial charge in [0.15, 0.2) is 0 Å². The minimum atomic E-state index is -0.662. The molecule has 3 rings (SSSR count). The predicted molar refractivity (Wildman–Crippen MR) is 95.9 cm³/mol. The fourth-order valence-electron chi connectivity index (χ4n) is 2.84. The Kier molecular flexibility index (Phi) is 5.60. The van der Waals surface area contributed by atoms with Gasteiger partial charge >= 0.3 is 6.09 Å². The number of hydrogen-bond acceptors (Lipinski definition) is 6. The second-order valence-electron chi connectivity index (χ2n) is 6.04. The lowest BCUT2D eigenvalue weighted by molar-refractivity contribution is -0.385. The number of amides is 2. The van der Waals surface area contributed by atoms with E-state index in [0.717, 1.165) is 11.8 Å². The van der Waals surface area contributed by atoms with Gasteiger partial charge in [-0.25, -0.2) is 9.78 Å². The molecule has 0 aliphatic carbocycles. The zero-order chi connectivity index (χ0) is 19.2. The molecule has 1 aromatic heterocycles. The van der Waals surface area contributed by atoms with E-state index in [2.05, 4.69) is 10.3 Å². The first-order valence-corrected chi connectivity index (χ1v) is 8.43. The van der Waals surface area contributed by atoms with Crippen molar-refractivity contribution < 1.29 is 19.2 Å². The van der Waals surface area contributed by atoms with Crippen molar-refractivity contribution in [2.45, 2.75) is 25.5 Å². The molecule has 1 aliphatic heterocycles. The summed E-state index contributed by atoms with van der Waals surface area (Å²) < 4.78 is 5.30. The monoisotopic (exact) mass is 370 g/mol. The Bertz CT molecular complexity index is 825. The number of benzene rings is 1. The van der Waals surface area contributed by atoms with Crippen molar-refractivity contribution in [3.05, 3.63) is 64.3 Å². The summed E-state index contributed by atoms with van der Waals surface area (Å²) in [5, 5.41) is 13.2. The summed E-state index contributed by atoms with van der Waals surface area (Å²) in [6, 6.07) is 11.2. The molecule has 1 atom stereocenters. The quantitative estimate of drug-likeness (QED) is 0.639. The van der Waals surface area contributed by atoms with Crippen molar-refractivity contribution in [2.24, 2.45) is 0 Å². The van der Waals surface area contributed by atoms with Crippen LogP contribution in [0, 0.1) is 10.1 Å². The van der Waals surface area contributed by atoms with Crippen LogP contribution in [-0.4, -0.2) is 39.4 Å². The van der Waals surface area contributed by atoms with Crippen LogP contribution < -0.4 is 5.32 Å². The number of carbonyl (C=O) groups excluding carboxylic acids is 2. The largest absolute Gasteiger partial charge is 0.445 e. The van der Waals surface area contributed by atoms with Crippen LogP contribution in [0.25, 0.3) is 0 Å². The average Bonchev–Trinajstić information content (AvgIpc) is 3.17. The highest BCUT2D eigenvalue weighted by Gasteiger charge is 2.35. The van der Waals surface area contributed by atoms with Crippen LogP contribution in [0.3, 0.4) is 0 Å². The normalized spacial score (nSPS) is 16.0. The van der Waals surface area contributed by atoms with E-state index >= 15 is 0 Å². The third-order valence-electron chi connectivity index (χ3n) is 4.21. The molecule has 0 saturated carbocycles. The number of ether oxygens (including phenoxy) is 1. The van der Waals surface area contributed by atoms with Gasteiger partial charge in [-0.1, -0.05) is 30.3 Å². The van der Waals surface area contributed by atoms with Gasteiger partial charge < -0.3 is 10.1 Å². The molecule has 9 nitrogen and oxygen atoms in total. The summed E-state index contributed by atoms with van der Waals surface area (Å²) in [4.78, 5) is 40.1. The van der Waals surface area contributed by atoms with Crippen LogP contribution in [0.1, 0.15) is 18.4 Å². The number of pyridine rings is 1. The lowest BCUT2D eigenvalue weighted by atomic mass is 10.2. The first-order valence-electron chi connectivity index (χ1n) is 8.43. The zero-order valence-electron chi connectivity index (χ0n) is 14.4. The van der Waals surface area contributed by atoms with Crippen molar-refractivity contribution in [1.29, 1.82) is 0 Å². The Morgan fingerprint density at radius 1 is 1.26 bits per heavy atom. The van der Waals surface area contributed by atoms with Gasteiger partial charge in [0.2, 0.25) is 5.91 Å². The molecule has 0 bridgehead atoms. The maximum absolute atomic E-state index is 12.5. The van der Waals surface area contributed by atoms with Gasteiger partial charge in [0, 0.05) is 12.6 Å². The van der Waals surface area contributed by atoms with Crippen LogP contribution >= 0.6 is 0 Å². The highest BCUT2D eigenvalue weighted by molar-refractivity contribution is 5.96. The van der Waals surface area contributed by atoms with Crippen LogP contribution in [0.2, 0.25) is 0 Å². The minimum absolute atomic E-state index is 0.133. The van der Waals surface area contributed by atoms with Crippen molar-refractivity contribution in [3.8, 4) is 0 Å². The van der Waals surface area contributed by atoms with Gasteiger partial charge in [-0.15, -0.1) is 0 Å². The first-order chi connectivity index (χ1) is 13.0. The number of nitro groups is 1. The molecule has 2 heterocycles. The van der Waals surface area contributed by atoms with Gasteiger partial charge in [0.1, 0.15) is 24.7 Å². The molecule has 9 heteroatoms. The van der Waals surface area contributed by atoms with Crippen LogP contribution in [0.15, 0.2) is 48.7 Å². The lowest BCUT2D eigenvalue weighted by Gasteiger charge is -2.23. The smallest absolute Gasteiger partial charge is 0.410 e. The van der Waals surface area contributed by atoms with E-state index in [0.29, 0.717) is 19.4 Å². The molecule has 1 N–H and O–H groups in total. The number of nitrogens with one attached hydrogen (secondary N) is 1. The lowest BCUT2D eigenvalue weighted by Crippen LogP contribution is -2.43. The van der Waals surface area contributed by atoms with Crippen molar-refractivity contribution in [2.75, 3.05) is 11.9 Å². The Balaban J connectivity index is 1.58.